The predicted molar refractivity (Wildman–Crippen MR) is 79.1 cm³/mol. The number of ether oxygens (including phenoxy) is 1. The molecule has 21 heavy (non-hydrogen) atoms. The van der Waals surface area contributed by atoms with Gasteiger partial charge in [0.25, 0.3) is 5.91 Å². The molecule has 6 heteroatoms. The first-order valence-electron chi connectivity index (χ1n) is 7.15. The molecule has 0 bridgehead atoms. The van der Waals surface area contributed by atoms with Gasteiger partial charge in [-0.15, -0.1) is 0 Å². The number of pyridine rings is 1. The van der Waals surface area contributed by atoms with Gasteiger partial charge in [-0.05, 0) is 30.9 Å². The van der Waals surface area contributed by atoms with Crippen molar-refractivity contribution in [3.8, 4) is 0 Å². The van der Waals surface area contributed by atoms with E-state index in [1.165, 1.54) is 18.7 Å². The molecule has 1 aliphatic carbocycles. The average Bonchev–Trinajstić information content (AvgIpc) is 2.48. The molecule has 114 valence electrons. The number of amides is 1. The zero-order valence-corrected chi connectivity index (χ0v) is 12.7. The number of nitrogens with one attached hydrogen (secondary N) is 1. The van der Waals surface area contributed by atoms with Gasteiger partial charge in [-0.2, -0.15) is 0 Å². The summed E-state index contributed by atoms with van der Waals surface area (Å²) in [5, 5.41) is 3.00. The van der Waals surface area contributed by atoms with Gasteiger partial charge in [-0.1, -0.05) is 31.4 Å². The molecule has 1 heterocycles. The van der Waals surface area contributed by atoms with Crippen LogP contribution < -0.4 is 5.32 Å². The molecule has 1 fully saturated rings. The van der Waals surface area contributed by atoms with Gasteiger partial charge in [0.15, 0.2) is 6.61 Å². The SMILES string of the molecule is C[C@@H]1CCCC[C@H]1NC(=O)COC(=O)c1cccnc1Cl. The van der Waals surface area contributed by atoms with Gasteiger partial charge in [0.05, 0.1) is 5.56 Å². The summed E-state index contributed by atoms with van der Waals surface area (Å²) in [5.74, 6) is -0.451. The van der Waals surface area contributed by atoms with Crippen molar-refractivity contribution in [2.45, 2.75) is 38.6 Å². The van der Waals surface area contributed by atoms with Crippen molar-refractivity contribution in [3.05, 3.63) is 29.0 Å². The highest BCUT2D eigenvalue weighted by Gasteiger charge is 2.23. The van der Waals surface area contributed by atoms with Gasteiger partial charge in [-0.3, -0.25) is 4.79 Å². The Morgan fingerprint density at radius 3 is 2.90 bits per heavy atom. The molecule has 5 nitrogen and oxygen atoms in total. The standard InChI is InChI=1S/C15H19ClN2O3/c1-10-5-2-3-7-12(10)18-13(19)9-21-15(20)11-6-4-8-17-14(11)16/h4,6,8,10,12H,2-3,5,7,9H2,1H3,(H,18,19)/t10-,12-/m1/s1. The molecule has 0 radical (unpaired) electrons. The number of hydrogen-bond donors (Lipinski definition) is 1. The van der Waals surface area contributed by atoms with E-state index in [1.54, 1.807) is 6.07 Å². The Labute approximate surface area is 129 Å². The molecular formula is C15H19ClN2O3. The van der Waals surface area contributed by atoms with Crippen LogP contribution in [-0.2, 0) is 9.53 Å². The van der Waals surface area contributed by atoms with Crippen LogP contribution >= 0.6 is 11.6 Å². The first-order valence-corrected chi connectivity index (χ1v) is 7.52. The molecule has 0 spiro atoms. The van der Waals surface area contributed by atoms with E-state index in [-0.39, 0.29) is 29.3 Å². The number of esters is 1. The molecule has 2 rings (SSSR count). The molecule has 0 aromatic carbocycles. The van der Waals surface area contributed by atoms with Crippen LogP contribution in [0, 0.1) is 5.92 Å². The van der Waals surface area contributed by atoms with Gasteiger partial charge >= 0.3 is 5.97 Å². The lowest BCUT2D eigenvalue weighted by atomic mass is 9.86. The van der Waals surface area contributed by atoms with Gasteiger partial charge in [0, 0.05) is 12.2 Å². The minimum absolute atomic E-state index is 0.0730. The number of rotatable bonds is 4. The predicted octanol–water partition coefficient (Wildman–Crippen LogP) is 2.59. The van der Waals surface area contributed by atoms with Crippen LogP contribution in [0.3, 0.4) is 0 Å². The van der Waals surface area contributed by atoms with Crippen molar-refractivity contribution in [3.63, 3.8) is 0 Å². The van der Waals surface area contributed by atoms with Crippen molar-refractivity contribution < 1.29 is 14.3 Å². The fourth-order valence-corrected chi connectivity index (χ4v) is 2.72. The van der Waals surface area contributed by atoms with Crippen molar-refractivity contribution >= 4 is 23.5 Å². The van der Waals surface area contributed by atoms with Crippen LogP contribution in [0.4, 0.5) is 0 Å². The van der Waals surface area contributed by atoms with Crippen LogP contribution in [0.2, 0.25) is 5.15 Å². The highest BCUT2D eigenvalue weighted by atomic mass is 35.5. The zero-order chi connectivity index (χ0) is 15.2. The lowest BCUT2D eigenvalue weighted by molar-refractivity contribution is -0.125. The maximum absolute atomic E-state index is 11.8. The second-order valence-electron chi connectivity index (χ2n) is 5.35. The average molecular weight is 311 g/mol. The largest absolute Gasteiger partial charge is 0.452 e. The Hall–Kier alpha value is -1.62. The number of aromatic nitrogens is 1. The van der Waals surface area contributed by atoms with Gasteiger partial charge in [-0.25, -0.2) is 9.78 Å². The lowest BCUT2D eigenvalue weighted by Gasteiger charge is -2.29. The van der Waals surface area contributed by atoms with Crippen molar-refractivity contribution in [2.24, 2.45) is 5.92 Å². The maximum Gasteiger partial charge on any atom is 0.341 e. The third kappa shape index (κ3) is 4.43. The summed E-state index contributed by atoms with van der Waals surface area (Å²) in [5.41, 5.74) is 0.165. The summed E-state index contributed by atoms with van der Waals surface area (Å²) in [6.07, 6.45) is 5.92. The number of carbonyl (C=O) groups is 2. The summed E-state index contributed by atoms with van der Waals surface area (Å²) in [6.45, 7) is 1.83. The highest BCUT2D eigenvalue weighted by molar-refractivity contribution is 6.32. The molecule has 1 N–H and O–H groups in total. The molecule has 0 saturated heterocycles. The molecule has 1 saturated carbocycles. The van der Waals surface area contributed by atoms with Gasteiger partial charge in [0.2, 0.25) is 0 Å². The normalized spacial score (nSPS) is 21.6. The van der Waals surface area contributed by atoms with Crippen molar-refractivity contribution in [1.82, 2.24) is 10.3 Å². The third-order valence-electron chi connectivity index (χ3n) is 3.77. The Kier molecular flexibility index (Phi) is 5.56. The molecule has 1 aromatic heterocycles. The summed E-state index contributed by atoms with van der Waals surface area (Å²) < 4.78 is 4.97. The van der Waals surface area contributed by atoms with Crippen molar-refractivity contribution in [1.29, 1.82) is 0 Å². The minimum Gasteiger partial charge on any atom is -0.452 e. The summed E-state index contributed by atoms with van der Waals surface area (Å²) in [6, 6.07) is 3.28. The van der Waals surface area contributed by atoms with E-state index in [0.717, 1.165) is 19.3 Å². The fourth-order valence-electron chi connectivity index (χ4n) is 2.53. The van der Waals surface area contributed by atoms with Crippen molar-refractivity contribution in [2.75, 3.05) is 6.61 Å². The number of halogens is 1. The second kappa shape index (κ2) is 7.41. The molecule has 0 aliphatic heterocycles. The summed E-state index contributed by atoms with van der Waals surface area (Å²) in [7, 11) is 0. The van der Waals surface area contributed by atoms with Crippen LogP contribution in [0.25, 0.3) is 0 Å². The van der Waals surface area contributed by atoms with E-state index in [9.17, 15) is 9.59 Å². The number of nitrogens with zero attached hydrogens (tertiary/aromatic N) is 1. The smallest absolute Gasteiger partial charge is 0.341 e. The first-order chi connectivity index (χ1) is 10.1. The molecule has 1 aliphatic rings. The van der Waals surface area contributed by atoms with Gasteiger partial charge in [0.1, 0.15) is 5.15 Å². The minimum atomic E-state index is -0.639. The Morgan fingerprint density at radius 2 is 2.19 bits per heavy atom. The van der Waals surface area contributed by atoms with E-state index in [0.29, 0.717) is 5.92 Å². The van der Waals surface area contributed by atoms with Crippen LogP contribution in [0.1, 0.15) is 43.0 Å². The summed E-state index contributed by atoms with van der Waals surface area (Å²) in [4.78, 5) is 27.4. The fraction of sp³-hybridized carbons (Fsp3) is 0.533. The molecule has 2 atom stereocenters. The molecular weight excluding hydrogens is 292 g/mol. The quantitative estimate of drug-likeness (QED) is 0.685. The summed E-state index contributed by atoms with van der Waals surface area (Å²) >= 11 is 5.80. The third-order valence-corrected chi connectivity index (χ3v) is 4.07. The van der Waals surface area contributed by atoms with E-state index >= 15 is 0 Å². The van der Waals surface area contributed by atoms with Crippen LogP contribution in [-0.4, -0.2) is 29.5 Å². The zero-order valence-electron chi connectivity index (χ0n) is 12.0. The number of carbonyl (C=O) groups excluding carboxylic acids is 2. The van der Waals surface area contributed by atoms with Crippen LogP contribution in [0.5, 0.6) is 0 Å². The second-order valence-corrected chi connectivity index (χ2v) is 5.71. The highest BCUT2D eigenvalue weighted by Crippen LogP contribution is 2.23. The Morgan fingerprint density at radius 1 is 1.43 bits per heavy atom. The number of hydrogen-bond acceptors (Lipinski definition) is 4. The molecule has 0 unspecified atom stereocenters. The maximum atomic E-state index is 11.8. The van der Waals surface area contributed by atoms with E-state index in [2.05, 4.69) is 17.2 Å². The molecule has 1 amide bonds. The van der Waals surface area contributed by atoms with E-state index in [4.69, 9.17) is 16.3 Å². The molecule has 1 aromatic rings. The Balaban J connectivity index is 1.81. The van der Waals surface area contributed by atoms with E-state index < -0.39 is 5.97 Å². The van der Waals surface area contributed by atoms with Crippen LogP contribution in [0.15, 0.2) is 18.3 Å². The Bertz CT molecular complexity index is 521. The first kappa shape index (κ1) is 15.8. The monoisotopic (exact) mass is 310 g/mol. The lowest BCUT2D eigenvalue weighted by Crippen LogP contribution is -2.42. The topological polar surface area (TPSA) is 68.3 Å². The van der Waals surface area contributed by atoms with Gasteiger partial charge < -0.3 is 10.1 Å². The van der Waals surface area contributed by atoms with E-state index in [1.807, 2.05) is 0 Å².